The fourth-order valence-electron chi connectivity index (χ4n) is 4.52. The first-order valence-corrected chi connectivity index (χ1v) is 14.2. The number of benzene rings is 3. The summed E-state index contributed by atoms with van der Waals surface area (Å²) in [4.78, 5) is 19.6. The highest BCUT2D eigenvalue weighted by atomic mass is 32.2. The number of piperazine rings is 1. The molecule has 1 N–H and O–H groups in total. The maximum atomic E-state index is 13.4. The third kappa shape index (κ3) is 6.46. The number of ether oxygens (including phenoxy) is 1. The molecule has 1 aliphatic heterocycles. The van der Waals surface area contributed by atoms with Gasteiger partial charge in [-0.15, -0.1) is 0 Å². The maximum Gasteiger partial charge on any atom is 0.261 e. The second-order valence-electron chi connectivity index (χ2n) is 9.78. The Morgan fingerprint density at radius 3 is 2.32 bits per heavy atom. The largest absolute Gasteiger partial charge is 0.495 e. The highest BCUT2D eigenvalue weighted by Crippen LogP contribution is 2.29. The highest BCUT2D eigenvalue weighted by molar-refractivity contribution is 7.92. The van der Waals surface area contributed by atoms with E-state index in [0.29, 0.717) is 37.4 Å². The van der Waals surface area contributed by atoms with Gasteiger partial charge in [0.2, 0.25) is 0 Å². The number of anilines is 2. The van der Waals surface area contributed by atoms with E-state index in [1.807, 2.05) is 57.4 Å². The van der Waals surface area contributed by atoms with E-state index in [1.165, 1.54) is 6.07 Å². The van der Waals surface area contributed by atoms with Crippen LogP contribution in [0.4, 0.5) is 11.4 Å². The van der Waals surface area contributed by atoms with Gasteiger partial charge in [-0.25, -0.2) is 8.42 Å². The van der Waals surface area contributed by atoms with Crippen molar-refractivity contribution >= 4 is 27.3 Å². The summed E-state index contributed by atoms with van der Waals surface area (Å²) in [7, 11) is 1.83. The van der Waals surface area contributed by atoms with Crippen LogP contribution < -0.4 is 14.4 Å². The Labute approximate surface area is 225 Å². The lowest BCUT2D eigenvalue weighted by atomic mass is 10.1. The third-order valence-corrected chi connectivity index (χ3v) is 8.18. The van der Waals surface area contributed by atoms with E-state index in [4.69, 9.17) is 4.74 Å². The number of rotatable bonds is 9. The van der Waals surface area contributed by atoms with Crippen LogP contribution in [0.15, 0.2) is 71.6 Å². The van der Waals surface area contributed by atoms with Crippen LogP contribution in [0.25, 0.3) is 0 Å². The van der Waals surface area contributed by atoms with Crippen molar-refractivity contribution in [3.63, 3.8) is 0 Å². The molecule has 0 unspecified atom stereocenters. The average molecular weight is 537 g/mol. The van der Waals surface area contributed by atoms with Gasteiger partial charge in [-0.1, -0.05) is 30.3 Å². The molecule has 3 aromatic carbocycles. The molecule has 3 aromatic rings. The first-order chi connectivity index (χ1) is 18.2. The van der Waals surface area contributed by atoms with Gasteiger partial charge >= 0.3 is 0 Å². The summed E-state index contributed by atoms with van der Waals surface area (Å²) in [5.74, 6) is 0.640. The highest BCUT2D eigenvalue weighted by Gasteiger charge is 2.26. The number of sulfonamides is 1. The van der Waals surface area contributed by atoms with Crippen LogP contribution in [0.1, 0.15) is 21.5 Å². The van der Waals surface area contributed by atoms with Crippen molar-refractivity contribution in [2.45, 2.75) is 18.2 Å². The molecule has 0 spiro atoms. The molecule has 0 bridgehead atoms. The molecule has 0 radical (unpaired) electrons. The Kier molecular flexibility index (Phi) is 8.58. The number of carbonyl (C=O) groups is 1. The van der Waals surface area contributed by atoms with E-state index >= 15 is 0 Å². The molecule has 1 aliphatic rings. The van der Waals surface area contributed by atoms with E-state index < -0.39 is 10.0 Å². The van der Waals surface area contributed by atoms with E-state index in [9.17, 15) is 13.2 Å². The van der Waals surface area contributed by atoms with Crippen LogP contribution in [0.3, 0.4) is 0 Å². The molecule has 0 saturated carbocycles. The number of carbonyl (C=O) groups excluding carboxylic acids is 1. The first kappa shape index (κ1) is 27.5. The summed E-state index contributed by atoms with van der Waals surface area (Å²) in [5.41, 5.74) is 3.77. The minimum Gasteiger partial charge on any atom is -0.495 e. The standard InChI is InChI=1S/C29H36N4O4S/c1-22-9-14-25(38(35,36)30-24-12-10-23(11-13-24)15-16-31(2)3)21-26(22)29(34)33-19-17-32(18-20-33)27-7-5-6-8-28(27)37-4/h5-14,21,30H,15-20H2,1-4H3. The Balaban J connectivity index is 1.44. The van der Waals surface area contributed by atoms with Crippen molar-refractivity contribution in [3.8, 4) is 5.75 Å². The molecule has 1 heterocycles. The second kappa shape index (κ2) is 11.9. The zero-order chi connectivity index (χ0) is 27.3. The van der Waals surface area contributed by atoms with Crippen LogP contribution in [0.5, 0.6) is 5.75 Å². The summed E-state index contributed by atoms with van der Waals surface area (Å²) in [6, 6.07) is 19.9. The summed E-state index contributed by atoms with van der Waals surface area (Å²) >= 11 is 0. The quantitative estimate of drug-likeness (QED) is 0.447. The van der Waals surface area contributed by atoms with Crippen molar-refractivity contribution in [1.82, 2.24) is 9.80 Å². The Morgan fingerprint density at radius 1 is 0.974 bits per heavy atom. The summed E-state index contributed by atoms with van der Waals surface area (Å²) in [6.07, 6.45) is 0.886. The number of para-hydroxylation sites is 2. The average Bonchev–Trinajstić information content (AvgIpc) is 2.92. The minimum atomic E-state index is -3.86. The fourth-order valence-corrected chi connectivity index (χ4v) is 5.60. The topological polar surface area (TPSA) is 82.2 Å². The number of amides is 1. The summed E-state index contributed by atoms with van der Waals surface area (Å²) in [5, 5.41) is 0. The molecular weight excluding hydrogens is 500 g/mol. The molecule has 8 nitrogen and oxygen atoms in total. The normalized spacial score (nSPS) is 14.0. The van der Waals surface area contributed by atoms with Crippen LogP contribution in [-0.2, 0) is 16.4 Å². The zero-order valence-corrected chi connectivity index (χ0v) is 23.3. The van der Waals surface area contributed by atoms with Crippen LogP contribution >= 0.6 is 0 Å². The van der Waals surface area contributed by atoms with E-state index in [2.05, 4.69) is 14.5 Å². The number of nitrogens with zero attached hydrogens (tertiary/aromatic N) is 3. The minimum absolute atomic E-state index is 0.0655. The zero-order valence-electron chi connectivity index (χ0n) is 22.5. The second-order valence-corrected chi connectivity index (χ2v) is 11.5. The van der Waals surface area contributed by atoms with Gasteiger partial charge in [-0.3, -0.25) is 9.52 Å². The first-order valence-electron chi connectivity index (χ1n) is 12.7. The van der Waals surface area contributed by atoms with Gasteiger partial charge in [0.25, 0.3) is 15.9 Å². The molecule has 0 aromatic heterocycles. The molecule has 1 fully saturated rings. The van der Waals surface area contributed by atoms with Gasteiger partial charge in [-0.05, 0) is 75.0 Å². The monoisotopic (exact) mass is 536 g/mol. The van der Waals surface area contributed by atoms with Gasteiger partial charge in [0, 0.05) is 44.0 Å². The van der Waals surface area contributed by atoms with Gasteiger partial charge < -0.3 is 19.4 Å². The molecule has 0 atom stereocenters. The van der Waals surface area contributed by atoms with Crippen LogP contribution in [-0.4, -0.2) is 78.1 Å². The van der Waals surface area contributed by atoms with E-state index in [-0.39, 0.29) is 10.8 Å². The lowest BCUT2D eigenvalue weighted by molar-refractivity contribution is 0.0745. The molecule has 202 valence electrons. The molecule has 38 heavy (non-hydrogen) atoms. The van der Waals surface area contributed by atoms with Gasteiger partial charge in [0.15, 0.2) is 0 Å². The molecule has 1 saturated heterocycles. The lowest BCUT2D eigenvalue weighted by Gasteiger charge is -2.36. The molecular formula is C29H36N4O4S. The maximum absolute atomic E-state index is 13.4. The number of hydrogen-bond donors (Lipinski definition) is 1. The number of aryl methyl sites for hydroxylation is 1. The number of likely N-dealkylation sites (N-methyl/N-ethyl adjacent to an activating group) is 1. The smallest absolute Gasteiger partial charge is 0.261 e. The number of methoxy groups -OCH3 is 1. The van der Waals surface area contributed by atoms with E-state index in [0.717, 1.165) is 35.5 Å². The van der Waals surface area contributed by atoms with Gasteiger partial charge in [0.1, 0.15) is 5.75 Å². The predicted molar refractivity (Wildman–Crippen MR) is 152 cm³/mol. The Bertz CT molecular complexity index is 1370. The van der Waals surface area contributed by atoms with Crippen molar-refractivity contribution in [2.24, 2.45) is 0 Å². The molecule has 9 heteroatoms. The van der Waals surface area contributed by atoms with Crippen LogP contribution in [0, 0.1) is 6.92 Å². The van der Waals surface area contributed by atoms with E-state index in [1.54, 1.807) is 36.3 Å². The Hall–Kier alpha value is -3.56. The SMILES string of the molecule is COc1ccccc1N1CCN(C(=O)c2cc(S(=O)(=O)Nc3ccc(CCN(C)C)cc3)ccc2C)CC1. The van der Waals surface area contributed by atoms with Crippen molar-refractivity contribution in [3.05, 3.63) is 83.4 Å². The fraction of sp³-hybridized carbons (Fsp3) is 0.345. The molecule has 0 aliphatic carbocycles. The number of nitrogens with one attached hydrogen (secondary N) is 1. The Morgan fingerprint density at radius 2 is 1.66 bits per heavy atom. The number of hydrogen-bond acceptors (Lipinski definition) is 6. The molecule has 1 amide bonds. The van der Waals surface area contributed by atoms with Gasteiger partial charge in [0.05, 0.1) is 17.7 Å². The van der Waals surface area contributed by atoms with Crippen molar-refractivity contribution < 1.29 is 17.9 Å². The summed E-state index contributed by atoms with van der Waals surface area (Å²) < 4.78 is 34.5. The third-order valence-electron chi connectivity index (χ3n) is 6.80. The van der Waals surface area contributed by atoms with Gasteiger partial charge in [-0.2, -0.15) is 0 Å². The lowest BCUT2D eigenvalue weighted by Crippen LogP contribution is -2.49. The molecule has 4 rings (SSSR count). The van der Waals surface area contributed by atoms with Crippen molar-refractivity contribution in [2.75, 3.05) is 63.6 Å². The predicted octanol–water partition coefficient (Wildman–Crippen LogP) is 3.87. The van der Waals surface area contributed by atoms with Crippen LogP contribution in [0.2, 0.25) is 0 Å². The van der Waals surface area contributed by atoms with Crippen molar-refractivity contribution in [1.29, 1.82) is 0 Å². The summed E-state index contributed by atoms with van der Waals surface area (Å²) in [6.45, 7) is 5.14.